The van der Waals surface area contributed by atoms with E-state index >= 15 is 0 Å². The average Bonchev–Trinajstić information content (AvgIpc) is 3.09. The molecule has 0 aliphatic heterocycles. The number of amides is 2. The lowest BCUT2D eigenvalue weighted by atomic mass is 10.0. The summed E-state index contributed by atoms with van der Waals surface area (Å²) in [5.41, 5.74) is 1.25. The van der Waals surface area contributed by atoms with Crippen LogP contribution in [0.5, 0.6) is 17.2 Å². The zero-order chi connectivity index (χ0) is 36.5. The van der Waals surface area contributed by atoms with E-state index in [1.54, 1.807) is 24.3 Å². The summed E-state index contributed by atoms with van der Waals surface area (Å²) >= 11 is 3.46. The van der Waals surface area contributed by atoms with Crippen LogP contribution in [0.2, 0.25) is 0 Å². The first-order valence-electron chi connectivity index (χ1n) is 16.1. The topological polar surface area (TPSA) is 114 Å². The third-order valence-electron chi connectivity index (χ3n) is 7.69. The Morgan fingerprint density at radius 2 is 1.48 bits per heavy atom. The minimum Gasteiger partial charge on any atom is -0.494 e. The lowest BCUT2D eigenvalue weighted by Crippen LogP contribution is -2.56. The fraction of sp³-hybridized carbons (Fsp3) is 0.316. The van der Waals surface area contributed by atoms with Crippen LogP contribution in [0.1, 0.15) is 38.8 Å². The molecule has 1 N–H and O–H groups in total. The summed E-state index contributed by atoms with van der Waals surface area (Å²) in [6, 6.07) is 26.6. The minimum atomic E-state index is -4.37. The van der Waals surface area contributed by atoms with Crippen LogP contribution >= 0.6 is 15.9 Å². The first-order chi connectivity index (χ1) is 23.7. The van der Waals surface area contributed by atoms with Gasteiger partial charge in [0.05, 0.1) is 31.4 Å². The van der Waals surface area contributed by atoms with Crippen LogP contribution < -0.4 is 23.8 Å². The van der Waals surface area contributed by atoms with Crippen LogP contribution in [-0.2, 0) is 32.6 Å². The van der Waals surface area contributed by atoms with E-state index in [0.29, 0.717) is 18.1 Å². The van der Waals surface area contributed by atoms with E-state index in [1.807, 2.05) is 82.3 Å². The molecular weight excluding hydrogens is 722 g/mol. The van der Waals surface area contributed by atoms with Crippen molar-refractivity contribution in [2.24, 2.45) is 0 Å². The molecule has 0 aliphatic rings. The molecule has 0 saturated heterocycles. The molecular formula is C38H44BrN3O7S. The number of ether oxygens (including phenoxy) is 3. The van der Waals surface area contributed by atoms with E-state index in [9.17, 15) is 18.0 Å². The SMILES string of the molecule is CCOc1ccc(N(CC(=O)N(Cc2ccc(Br)cc2)C(Cc2ccccc2)C(=O)NC(C)(C)C)S(=O)(=O)c2ccc(OC)c(OC)c2)cc1. The van der Waals surface area contributed by atoms with Gasteiger partial charge in [-0.25, -0.2) is 8.42 Å². The Kier molecular flexibility index (Phi) is 12.9. The number of halogens is 1. The molecule has 10 nitrogen and oxygen atoms in total. The zero-order valence-corrected chi connectivity index (χ0v) is 31.6. The highest BCUT2D eigenvalue weighted by molar-refractivity contribution is 9.10. The molecule has 0 bridgehead atoms. The quantitative estimate of drug-likeness (QED) is 0.145. The first kappa shape index (κ1) is 38.3. The summed E-state index contributed by atoms with van der Waals surface area (Å²) in [6.07, 6.45) is 0.205. The van der Waals surface area contributed by atoms with Gasteiger partial charge in [-0.2, -0.15) is 0 Å². The van der Waals surface area contributed by atoms with Crippen LogP contribution in [0.3, 0.4) is 0 Å². The summed E-state index contributed by atoms with van der Waals surface area (Å²) in [6.45, 7) is 7.33. The molecule has 0 radical (unpaired) electrons. The first-order valence-corrected chi connectivity index (χ1v) is 18.4. The van der Waals surface area contributed by atoms with Gasteiger partial charge in [0.2, 0.25) is 11.8 Å². The third-order valence-corrected chi connectivity index (χ3v) is 9.99. The van der Waals surface area contributed by atoms with E-state index < -0.39 is 34.1 Å². The number of carbonyl (C=O) groups is 2. The Balaban J connectivity index is 1.84. The van der Waals surface area contributed by atoms with Crippen molar-refractivity contribution >= 4 is 43.5 Å². The molecule has 0 spiro atoms. The molecule has 50 heavy (non-hydrogen) atoms. The maximum absolute atomic E-state index is 14.7. The van der Waals surface area contributed by atoms with Gasteiger partial charge in [-0.15, -0.1) is 0 Å². The summed E-state index contributed by atoms with van der Waals surface area (Å²) in [7, 11) is -1.50. The van der Waals surface area contributed by atoms with Crippen molar-refractivity contribution in [3.63, 3.8) is 0 Å². The molecule has 2 amide bonds. The largest absolute Gasteiger partial charge is 0.494 e. The summed E-state index contributed by atoms with van der Waals surface area (Å²) in [5.74, 6) is 0.178. The number of benzene rings is 4. The van der Waals surface area contributed by atoms with Gasteiger partial charge in [0.25, 0.3) is 10.0 Å². The number of rotatable bonds is 15. The van der Waals surface area contributed by atoms with Crippen molar-refractivity contribution in [3.8, 4) is 17.2 Å². The predicted molar refractivity (Wildman–Crippen MR) is 198 cm³/mol. The molecule has 1 atom stereocenters. The van der Waals surface area contributed by atoms with Crippen molar-refractivity contribution < 1.29 is 32.2 Å². The lowest BCUT2D eigenvalue weighted by molar-refractivity contribution is -0.140. The van der Waals surface area contributed by atoms with Gasteiger partial charge >= 0.3 is 0 Å². The normalized spacial score (nSPS) is 12.1. The Bertz CT molecular complexity index is 1850. The molecule has 4 aromatic rings. The Labute approximate surface area is 303 Å². The van der Waals surface area contributed by atoms with E-state index in [0.717, 1.165) is 19.9 Å². The second kappa shape index (κ2) is 16.9. The maximum atomic E-state index is 14.7. The number of hydrogen-bond donors (Lipinski definition) is 1. The molecule has 4 aromatic carbocycles. The van der Waals surface area contributed by atoms with Crippen molar-refractivity contribution in [3.05, 3.63) is 113 Å². The van der Waals surface area contributed by atoms with Crippen LogP contribution in [0.15, 0.2) is 106 Å². The monoisotopic (exact) mass is 765 g/mol. The van der Waals surface area contributed by atoms with Crippen LogP contribution in [-0.4, -0.2) is 64.1 Å². The van der Waals surface area contributed by atoms with Gasteiger partial charge in [0, 0.05) is 29.0 Å². The fourth-order valence-electron chi connectivity index (χ4n) is 5.30. The molecule has 12 heteroatoms. The predicted octanol–water partition coefficient (Wildman–Crippen LogP) is 6.62. The molecule has 266 valence electrons. The van der Waals surface area contributed by atoms with E-state index in [1.165, 1.54) is 37.3 Å². The second-order valence-corrected chi connectivity index (χ2v) is 15.3. The van der Waals surface area contributed by atoms with Crippen LogP contribution in [0.25, 0.3) is 0 Å². The molecule has 0 fully saturated rings. The van der Waals surface area contributed by atoms with Crippen molar-refractivity contribution in [1.82, 2.24) is 10.2 Å². The molecule has 0 heterocycles. The van der Waals surface area contributed by atoms with E-state index in [2.05, 4.69) is 21.2 Å². The molecule has 4 rings (SSSR count). The second-order valence-electron chi connectivity index (χ2n) is 12.5. The summed E-state index contributed by atoms with van der Waals surface area (Å²) in [5, 5.41) is 3.04. The number of anilines is 1. The zero-order valence-electron chi connectivity index (χ0n) is 29.2. The smallest absolute Gasteiger partial charge is 0.264 e. The number of methoxy groups -OCH3 is 2. The number of nitrogens with one attached hydrogen (secondary N) is 1. The van der Waals surface area contributed by atoms with Gasteiger partial charge in [0.1, 0.15) is 18.3 Å². The van der Waals surface area contributed by atoms with Gasteiger partial charge in [-0.05, 0) is 87.4 Å². The highest BCUT2D eigenvalue weighted by Crippen LogP contribution is 2.33. The van der Waals surface area contributed by atoms with Crippen molar-refractivity contribution in [2.45, 2.75) is 57.1 Å². The van der Waals surface area contributed by atoms with Crippen molar-refractivity contribution in [2.75, 3.05) is 31.7 Å². The standard InChI is InChI=1S/C38H44BrN3O7S/c1-7-49-31-19-17-30(18-20-31)42(50(45,46)32-21-22-34(47-5)35(24-32)48-6)26-36(43)41(25-28-13-15-29(39)16-14-28)33(37(44)40-38(2,3)4)23-27-11-9-8-10-12-27/h8-22,24,33H,7,23,25-26H2,1-6H3,(H,40,44). The number of carbonyl (C=O) groups excluding carboxylic acids is 2. The number of sulfonamides is 1. The molecule has 1 unspecified atom stereocenters. The van der Waals surface area contributed by atoms with Crippen LogP contribution in [0, 0.1) is 0 Å². The van der Waals surface area contributed by atoms with Gasteiger partial charge in [0.15, 0.2) is 11.5 Å². The Morgan fingerprint density at radius 3 is 2.06 bits per heavy atom. The van der Waals surface area contributed by atoms with Gasteiger partial charge in [-0.1, -0.05) is 58.4 Å². The van der Waals surface area contributed by atoms with Gasteiger partial charge < -0.3 is 24.4 Å². The number of nitrogens with zero attached hydrogens (tertiary/aromatic N) is 2. The highest BCUT2D eigenvalue weighted by atomic mass is 79.9. The lowest BCUT2D eigenvalue weighted by Gasteiger charge is -2.35. The summed E-state index contributed by atoms with van der Waals surface area (Å²) in [4.78, 5) is 30.2. The maximum Gasteiger partial charge on any atom is 0.264 e. The molecule has 0 aromatic heterocycles. The van der Waals surface area contributed by atoms with E-state index in [-0.39, 0.29) is 35.2 Å². The van der Waals surface area contributed by atoms with Crippen molar-refractivity contribution in [1.29, 1.82) is 0 Å². The Hall–Kier alpha value is -4.55. The minimum absolute atomic E-state index is 0.0503. The highest BCUT2D eigenvalue weighted by Gasteiger charge is 2.36. The summed E-state index contributed by atoms with van der Waals surface area (Å²) < 4.78 is 47.2. The molecule has 0 saturated carbocycles. The van der Waals surface area contributed by atoms with Crippen LogP contribution in [0.4, 0.5) is 5.69 Å². The fourth-order valence-corrected chi connectivity index (χ4v) is 7.00. The Morgan fingerprint density at radius 1 is 0.840 bits per heavy atom. The molecule has 0 aliphatic carbocycles. The number of hydrogen-bond acceptors (Lipinski definition) is 7. The third kappa shape index (κ3) is 10.0. The van der Waals surface area contributed by atoms with E-state index in [4.69, 9.17) is 14.2 Å². The van der Waals surface area contributed by atoms with Gasteiger partial charge in [-0.3, -0.25) is 13.9 Å². The average molecular weight is 767 g/mol.